The van der Waals surface area contributed by atoms with E-state index in [1.54, 1.807) is 6.08 Å². The Morgan fingerprint density at radius 3 is 2.75 bits per heavy atom. The van der Waals surface area contributed by atoms with Gasteiger partial charge in [0, 0.05) is 5.57 Å². The first-order valence-electron chi connectivity index (χ1n) is 2.55. The summed E-state index contributed by atoms with van der Waals surface area (Å²) >= 11 is 0. The average Bonchev–Trinajstić information content (AvgIpc) is 1.77. The Bertz CT molecular complexity index is 163. The molecule has 1 aliphatic rings. The van der Waals surface area contributed by atoms with Crippen molar-refractivity contribution in [2.75, 3.05) is 0 Å². The lowest BCUT2D eigenvalue weighted by Gasteiger charge is -2.01. The fourth-order valence-electron chi connectivity index (χ4n) is 0.606. The van der Waals surface area contributed by atoms with Crippen LogP contribution in [0.2, 0.25) is 0 Å². The standard InChI is InChI=1S/C7H8O/c1-6-4-2-3-5-7(6)8/h2,4-5,8H,1,3H2. The zero-order chi connectivity index (χ0) is 5.98. The van der Waals surface area contributed by atoms with Crippen molar-refractivity contribution in [3.05, 3.63) is 36.1 Å². The molecule has 0 bridgehead atoms. The van der Waals surface area contributed by atoms with Gasteiger partial charge in [0.15, 0.2) is 0 Å². The van der Waals surface area contributed by atoms with Gasteiger partial charge in [0.05, 0.1) is 0 Å². The minimum Gasteiger partial charge on any atom is -0.508 e. The number of allylic oxidation sites excluding steroid dienone is 3. The fourth-order valence-corrected chi connectivity index (χ4v) is 0.606. The van der Waals surface area contributed by atoms with Crippen LogP contribution >= 0.6 is 0 Å². The molecule has 0 saturated carbocycles. The second-order valence-electron chi connectivity index (χ2n) is 1.75. The van der Waals surface area contributed by atoms with E-state index in [1.807, 2.05) is 12.2 Å². The van der Waals surface area contributed by atoms with Crippen LogP contribution in [0.15, 0.2) is 36.1 Å². The topological polar surface area (TPSA) is 20.2 Å². The average molecular weight is 108 g/mol. The molecule has 0 heterocycles. The van der Waals surface area contributed by atoms with Gasteiger partial charge in [-0.1, -0.05) is 18.7 Å². The summed E-state index contributed by atoms with van der Waals surface area (Å²) in [5.74, 6) is 0.313. The number of hydrogen-bond acceptors (Lipinski definition) is 1. The van der Waals surface area contributed by atoms with Gasteiger partial charge < -0.3 is 5.11 Å². The Morgan fingerprint density at radius 2 is 2.38 bits per heavy atom. The maximum Gasteiger partial charge on any atom is 0.118 e. The Morgan fingerprint density at radius 1 is 1.62 bits per heavy atom. The van der Waals surface area contributed by atoms with E-state index in [2.05, 4.69) is 6.58 Å². The summed E-state index contributed by atoms with van der Waals surface area (Å²) < 4.78 is 0. The van der Waals surface area contributed by atoms with Gasteiger partial charge in [-0.2, -0.15) is 0 Å². The highest BCUT2D eigenvalue weighted by atomic mass is 16.3. The van der Waals surface area contributed by atoms with Crippen LogP contribution in [-0.2, 0) is 0 Å². The molecule has 0 aromatic heterocycles. The molecule has 0 aromatic carbocycles. The summed E-state index contributed by atoms with van der Waals surface area (Å²) in [6.07, 6.45) is 6.34. The van der Waals surface area contributed by atoms with E-state index >= 15 is 0 Å². The molecule has 1 heteroatoms. The van der Waals surface area contributed by atoms with Gasteiger partial charge in [-0.15, -0.1) is 0 Å². The third-order valence-electron chi connectivity index (χ3n) is 1.10. The summed E-state index contributed by atoms with van der Waals surface area (Å²) in [6, 6.07) is 0. The Labute approximate surface area is 48.6 Å². The highest BCUT2D eigenvalue weighted by Crippen LogP contribution is 2.11. The van der Waals surface area contributed by atoms with E-state index in [0.29, 0.717) is 11.3 Å². The van der Waals surface area contributed by atoms with E-state index in [9.17, 15) is 0 Å². The SMILES string of the molecule is C=C1C=CCC=C1O. The van der Waals surface area contributed by atoms with E-state index in [0.717, 1.165) is 6.42 Å². The van der Waals surface area contributed by atoms with Crippen molar-refractivity contribution in [1.29, 1.82) is 0 Å². The molecule has 1 aliphatic carbocycles. The van der Waals surface area contributed by atoms with E-state index in [-0.39, 0.29) is 0 Å². The lowest BCUT2D eigenvalue weighted by atomic mass is 10.1. The van der Waals surface area contributed by atoms with Crippen LogP contribution in [0.5, 0.6) is 0 Å². The van der Waals surface area contributed by atoms with E-state index in [1.165, 1.54) is 0 Å². The Hall–Kier alpha value is -0.980. The molecule has 8 heavy (non-hydrogen) atoms. The van der Waals surface area contributed by atoms with Crippen LogP contribution < -0.4 is 0 Å². The molecule has 0 fully saturated rings. The van der Waals surface area contributed by atoms with Crippen molar-refractivity contribution in [2.24, 2.45) is 0 Å². The molecule has 42 valence electrons. The molecule has 0 aliphatic heterocycles. The highest BCUT2D eigenvalue weighted by Gasteiger charge is 1.96. The summed E-state index contributed by atoms with van der Waals surface area (Å²) in [7, 11) is 0. The van der Waals surface area contributed by atoms with Crippen molar-refractivity contribution >= 4 is 0 Å². The first-order chi connectivity index (χ1) is 3.80. The van der Waals surface area contributed by atoms with Crippen molar-refractivity contribution in [3.63, 3.8) is 0 Å². The molecule has 0 saturated heterocycles. The fraction of sp³-hybridized carbons (Fsp3) is 0.143. The molecule has 0 unspecified atom stereocenters. The molecule has 0 aromatic rings. The number of aliphatic hydroxyl groups excluding tert-OH is 1. The molecule has 1 rings (SSSR count). The Kier molecular flexibility index (Phi) is 1.20. The van der Waals surface area contributed by atoms with Crippen molar-refractivity contribution in [1.82, 2.24) is 0 Å². The van der Waals surface area contributed by atoms with Gasteiger partial charge in [-0.3, -0.25) is 0 Å². The predicted molar refractivity (Wildman–Crippen MR) is 33.6 cm³/mol. The molecule has 0 radical (unpaired) electrons. The summed E-state index contributed by atoms with van der Waals surface area (Å²) in [5.41, 5.74) is 0.705. The zero-order valence-corrected chi connectivity index (χ0v) is 4.59. The molecule has 0 spiro atoms. The van der Waals surface area contributed by atoms with Crippen LogP contribution in [0.4, 0.5) is 0 Å². The monoisotopic (exact) mass is 108 g/mol. The number of hydrogen-bond donors (Lipinski definition) is 1. The number of rotatable bonds is 0. The van der Waals surface area contributed by atoms with Gasteiger partial charge in [-0.25, -0.2) is 0 Å². The molecule has 0 amide bonds. The van der Waals surface area contributed by atoms with Crippen LogP contribution in [0.1, 0.15) is 6.42 Å². The van der Waals surface area contributed by atoms with Gasteiger partial charge in [0.1, 0.15) is 5.76 Å². The third kappa shape index (κ3) is 0.808. The minimum atomic E-state index is 0.313. The highest BCUT2D eigenvalue weighted by molar-refractivity contribution is 5.35. The second-order valence-corrected chi connectivity index (χ2v) is 1.75. The lowest BCUT2D eigenvalue weighted by Crippen LogP contribution is -1.86. The molecule has 0 atom stereocenters. The lowest BCUT2D eigenvalue weighted by molar-refractivity contribution is 0.423. The van der Waals surface area contributed by atoms with Crippen LogP contribution in [-0.4, -0.2) is 5.11 Å². The van der Waals surface area contributed by atoms with E-state index in [4.69, 9.17) is 5.11 Å². The molecule has 1 nitrogen and oxygen atoms in total. The van der Waals surface area contributed by atoms with Gasteiger partial charge in [0.25, 0.3) is 0 Å². The molecule has 1 N–H and O–H groups in total. The van der Waals surface area contributed by atoms with Crippen LogP contribution in [0.25, 0.3) is 0 Å². The second kappa shape index (κ2) is 1.86. The number of aliphatic hydroxyl groups is 1. The van der Waals surface area contributed by atoms with E-state index < -0.39 is 0 Å². The molecular weight excluding hydrogens is 100 g/mol. The zero-order valence-electron chi connectivity index (χ0n) is 4.59. The normalized spacial score (nSPS) is 18.5. The van der Waals surface area contributed by atoms with Crippen molar-refractivity contribution < 1.29 is 5.11 Å². The van der Waals surface area contributed by atoms with Gasteiger partial charge >= 0.3 is 0 Å². The first-order valence-corrected chi connectivity index (χ1v) is 2.55. The first kappa shape index (κ1) is 5.16. The van der Waals surface area contributed by atoms with Crippen molar-refractivity contribution in [2.45, 2.75) is 6.42 Å². The van der Waals surface area contributed by atoms with Gasteiger partial charge in [0.2, 0.25) is 0 Å². The maximum absolute atomic E-state index is 8.89. The summed E-state index contributed by atoms with van der Waals surface area (Å²) in [5, 5.41) is 8.89. The third-order valence-corrected chi connectivity index (χ3v) is 1.10. The summed E-state index contributed by atoms with van der Waals surface area (Å²) in [6.45, 7) is 3.59. The summed E-state index contributed by atoms with van der Waals surface area (Å²) in [4.78, 5) is 0. The van der Waals surface area contributed by atoms with Gasteiger partial charge in [-0.05, 0) is 12.5 Å². The Balaban J connectivity index is 2.78. The quantitative estimate of drug-likeness (QED) is 0.502. The van der Waals surface area contributed by atoms with Crippen molar-refractivity contribution in [3.8, 4) is 0 Å². The maximum atomic E-state index is 8.89. The predicted octanol–water partition coefficient (Wildman–Crippen LogP) is 1.94. The van der Waals surface area contributed by atoms with Crippen LogP contribution in [0.3, 0.4) is 0 Å². The molecular formula is C7H8O. The van der Waals surface area contributed by atoms with Crippen LogP contribution in [0, 0.1) is 0 Å². The largest absolute Gasteiger partial charge is 0.508 e. The smallest absolute Gasteiger partial charge is 0.118 e. The minimum absolute atomic E-state index is 0.313.